The lowest BCUT2D eigenvalue weighted by molar-refractivity contribution is 0.328. The van der Waals surface area contributed by atoms with Gasteiger partial charge in [0.25, 0.3) is 0 Å². The van der Waals surface area contributed by atoms with E-state index < -0.39 is 9.84 Å². The van der Waals surface area contributed by atoms with Crippen LogP contribution in [0, 0.1) is 0 Å². The number of nitrogen functional groups attached to an aromatic ring is 1. The Kier molecular flexibility index (Phi) is 3.43. The summed E-state index contributed by atoms with van der Waals surface area (Å²) in [6, 6.07) is 3.27. The van der Waals surface area contributed by atoms with Crippen LogP contribution in [0.5, 0.6) is 5.88 Å². The van der Waals surface area contributed by atoms with Crippen LogP contribution in [0.2, 0.25) is 0 Å². The maximum Gasteiger partial charge on any atom is 0.239 e. The molecule has 0 fully saturated rings. The molecule has 102 valence electrons. The molecule has 0 saturated carbocycles. The zero-order valence-electron chi connectivity index (χ0n) is 10.6. The zero-order chi connectivity index (χ0) is 14.0. The number of sulfone groups is 1. The van der Waals surface area contributed by atoms with Crippen molar-refractivity contribution >= 4 is 15.5 Å². The molecule has 0 aromatic carbocycles. The van der Waals surface area contributed by atoms with Crippen LogP contribution in [-0.4, -0.2) is 36.0 Å². The third-order valence-electron chi connectivity index (χ3n) is 2.38. The quantitative estimate of drug-likeness (QED) is 0.883. The average Bonchev–Trinajstić information content (AvgIpc) is 2.81. The van der Waals surface area contributed by atoms with Crippen molar-refractivity contribution in [3.8, 4) is 11.7 Å². The Morgan fingerprint density at radius 3 is 2.74 bits per heavy atom. The molecule has 0 aliphatic rings. The minimum atomic E-state index is -3.29. The number of rotatable bonds is 4. The molecule has 0 bridgehead atoms. The van der Waals surface area contributed by atoms with E-state index in [-0.39, 0.29) is 4.90 Å². The van der Waals surface area contributed by atoms with E-state index in [9.17, 15) is 8.42 Å². The first kappa shape index (κ1) is 13.3. The second-order valence-electron chi connectivity index (χ2n) is 3.89. The summed E-state index contributed by atoms with van der Waals surface area (Å²) < 4.78 is 29.4. The van der Waals surface area contributed by atoms with E-state index in [4.69, 9.17) is 10.5 Å². The van der Waals surface area contributed by atoms with Crippen LogP contribution in [0.4, 0.5) is 5.69 Å². The predicted molar refractivity (Wildman–Crippen MR) is 70.1 cm³/mol. The standard InChI is InChI=1S/C11H14N4O3S/c1-3-18-11-9(12)4-5-10(14-11)15-7-8(6-13-15)19(2,16)17/h4-7H,3,12H2,1-2H3. The summed E-state index contributed by atoms with van der Waals surface area (Å²) in [4.78, 5) is 4.31. The van der Waals surface area contributed by atoms with Gasteiger partial charge in [-0.15, -0.1) is 0 Å². The molecule has 0 aliphatic carbocycles. The third-order valence-corrected chi connectivity index (χ3v) is 3.44. The molecule has 0 spiro atoms. The Labute approximate surface area is 110 Å². The van der Waals surface area contributed by atoms with E-state index in [0.717, 1.165) is 6.26 Å². The van der Waals surface area contributed by atoms with E-state index in [0.29, 0.717) is 24.0 Å². The molecule has 2 rings (SSSR count). The van der Waals surface area contributed by atoms with Crippen LogP contribution in [0.25, 0.3) is 5.82 Å². The smallest absolute Gasteiger partial charge is 0.239 e. The van der Waals surface area contributed by atoms with Crippen molar-refractivity contribution < 1.29 is 13.2 Å². The average molecular weight is 282 g/mol. The lowest BCUT2D eigenvalue weighted by Crippen LogP contribution is -2.04. The number of ether oxygens (including phenoxy) is 1. The van der Waals surface area contributed by atoms with Crippen molar-refractivity contribution in [2.45, 2.75) is 11.8 Å². The first-order valence-electron chi connectivity index (χ1n) is 5.56. The Morgan fingerprint density at radius 1 is 1.42 bits per heavy atom. The van der Waals surface area contributed by atoms with E-state index in [1.807, 2.05) is 6.92 Å². The van der Waals surface area contributed by atoms with Gasteiger partial charge < -0.3 is 10.5 Å². The van der Waals surface area contributed by atoms with Gasteiger partial charge >= 0.3 is 0 Å². The van der Waals surface area contributed by atoms with Gasteiger partial charge in [-0.1, -0.05) is 0 Å². The topological polar surface area (TPSA) is 100 Å². The maximum absolute atomic E-state index is 11.4. The number of aromatic nitrogens is 3. The van der Waals surface area contributed by atoms with Crippen LogP contribution < -0.4 is 10.5 Å². The van der Waals surface area contributed by atoms with E-state index in [1.54, 1.807) is 12.1 Å². The lowest BCUT2D eigenvalue weighted by atomic mass is 10.4. The monoisotopic (exact) mass is 282 g/mol. The second kappa shape index (κ2) is 4.88. The summed E-state index contributed by atoms with van der Waals surface area (Å²) in [6.07, 6.45) is 3.79. The van der Waals surface area contributed by atoms with E-state index in [1.165, 1.54) is 17.1 Å². The summed E-state index contributed by atoms with van der Waals surface area (Å²) in [7, 11) is -3.29. The molecule has 2 N–H and O–H groups in total. The Hall–Kier alpha value is -2.09. The molecule has 2 aromatic heterocycles. The van der Waals surface area contributed by atoms with E-state index >= 15 is 0 Å². The molecule has 0 radical (unpaired) electrons. The third kappa shape index (κ3) is 2.84. The first-order valence-corrected chi connectivity index (χ1v) is 7.45. The lowest BCUT2D eigenvalue weighted by Gasteiger charge is -2.07. The zero-order valence-corrected chi connectivity index (χ0v) is 11.4. The highest BCUT2D eigenvalue weighted by Crippen LogP contribution is 2.20. The van der Waals surface area contributed by atoms with Crippen molar-refractivity contribution in [3.05, 3.63) is 24.5 Å². The minimum absolute atomic E-state index is 0.129. The van der Waals surface area contributed by atoms with Gasteiger partial charge in [0.2, 0.25) is 5.88 Å². The summed E-state index contributed by atoms with van der Waals surface area (Å²) in [5.41, 5.74) is 6.13. The Bertz CT molecular complexity index is 694. The molecule has 0 amide bonds. The summed E-state index contributed by atoms with van der Waals surface area (Å²) in [5.74, 6) is 0.740. The fraction of sp³-hybridized carbons (Fsp3) is 0.273. The van der Waals surface area contributed by atoms with Gasteiger partial charge in [-0.25, -0.2) is 13.1 Å². The van der Waals surface area contributed by atoms with Gasteiger partial charge in [0.1, 0.15) is 4.90 Å². The maximum atomic E-state index is 11.4. The molecule has 8 heteroatoms. The van der Waals surface area contributed by atoms with Crippen LogP contribution in [-0.2, 0) is 9.84 Å². The summed E-state index contributed by atoms with van der Waals surface area (Å²) >= 11 is 0. The van der Waals surface area contributed by atoms with Crippen molar-refractivity contribution in [3.63, 3.8) is 0 Å². The second-order valence-corrected chi connectivity index (χ2v) is 5.91. The predicted octanol–water partition coefficient (Wildman–Crippen LogP) is 0.652. The molecule has 0 saturated heterocycles. The minimum Gasteiger partial charge on any atom is -0.476 e. The SMILES string of the molecule is CCOc1nc(-n2cc(S(C)(=O)=O)cn2)ccc1N. The molecule has 0 atom stereocenters. The number of hydrogen-bond acceptors (Lipinski definition) is 6. The van der Waals surface area contributed by atoms with Gasteiger partial charge in [0, 0.05) is 6.26 Å². The van der Waals surface area contributed by atoms with Crippen LogP contribution in [0.15, 0.2) is 29.4 Å². The van der Waals surface area contributed by atoms with Gasteiger partial charge in [0.15, 0.2) is 15.7 Å². The van der Waals surface area contributed by atoms with E-state index in [2.05, 4.69) is 10.1 Å². The fourth-order valence-corrected chi connectivity index (χ4v) is 1.97. The molecule has 0 unspecified atom stereocenters. The molecule has 2 heterocycles. The Balaban J connectivity index is 2.42. The van der Waals surface area contributed by atoms with Gasteiger partial charge in [-0.2, -0.15) is 10.1 Å². The van der Waals surface area contributed by atoms with Crippen LogP contribution in [0.1, 0.15) is 6.92 Å². The summed E-state index contributed by atoms with van der Waals surface area (Å²) in [6.45, 7) is 2.26. The summed E-state index contributed by atoms with van der Waals surface area (Å²) in [5, 5.41) is 3.96. The number of hydrogen-bond donors (Lipinski definition) is 1. The van der Waals surface area contributed by atoms with Crippen molar-refractivity contribution in [1.82, 2.24) is 14.8 Å². The highest BCUT2D eigenvalue weighted by Gasteiger charge is 2.12. The van der Waals surface area contributed by atoms with Crippen molar-refractivity contribution in [2.75, 3.05) is 18.6 Å². The number of anilines is 1. The highest BCUT2D eigenvalue weighted by molar-refractivity contribution is 7.90. The molecule has 19 heavy (non-hydrogen) atoms. The molecular formula is C11H14N4O3S. The molecule has 0 aliphatic heterocycles. The van der Waals surface area contributed by atoms with Gasteiger partial charge in [-0.05, 0) is 19.1 Å². The first-order chi connectivity index (χ1) is 8.91. The molecule has 7 nitrogen and oxygen atoms in total. The normalized spacial score (nSPS) is 11.5. The molecule has 2 aromatic rings. The van der Waals surface area contributed by atoms with Gasteiger partial charge in [0.05, 0.1) is 24.7 Å². The number of nitrogens with two attached hydrogens (primary N) is 1. The highest BCUT2D eigenvalue weighted by atomic mass is 32.2. The Morgan fingerprint density at radius 2 is 2.16 bits per heavy atom. The number of nitrogens with zero attached hydrogens (tertiary/aromatic N) is 3. The van der Waals surface area contributed by atoms with Crippen LogP contribution >= 0.6 is 0 Å². The van der Waals surface area contributed by atoms with Gasteiger partial charge in [-0.3, -0.25) is 0 Å². The fourth-order valence-electron chi connectivity index (χ4n) is 1.44. The van der Waals surface area contributed by atoms with Crippen molar-refractivity contribution in [1.29, 1.82) is 0 Å². The molecular weight excluding hydrogens is 268 g/mol. The van der Waals surface area contributed by atoms with Crippen LogP contribution in [0.3, 0.4) is 0 Å². The van der Waals surface area contributed by atoms with Crippen molar-refractivity contribution in [2.24, 2.45) is 0 Å². The number of pyridine rings is 1. The largest absolute Gasteiger partial charge is 0.476 e.